The van der Waals surface area contributed by atoms with Gasteiger partial charge in [-0.3, -0.25) is 9.79 Å². The molecule has 0 atom stereocenters. The van der Waals surface area contributed by atoms with E-state index in [9.17, 15) is 4.79 Å². The van der Waals surface area contributed by atoms with Gasteiger partial charge in [0, 0.05) is 32.7 Å². The Morgan fingerprint density at radius 3 is 2.71 bits per heavy atom. The van der Waals surface area contributed by atoms with E-state index in [0.717, 1.165) is 24.3 Å². The molecule has 0 spiro atoms. The zero-order valence-electron chi connectivity index (χ0n) is 15.0. The van der Waals surface area contributed by atoms with Gasteiger partial charge in [0.2, 0.25) is 5.91 Å². The summed E-state index contributed by atoms with van der Waals surface area (Å²) in [4.78, 5) is 15.7. The van der Waals surface area contributed by atoms with Crippen molar-refractivity contribution in [3.8, 4) is 0 Å². The highest BCUT2D eigenvalue weighted by atomic mass is 16.5. The molecule has 8 nitrogen and oxygen atoms in total. The molecular weight excluding hydrogens is 310 g/mol. The molecule has 0 fully saturated rings. The Balaban J connectivity index is 2.37. The summed E-state index contributed by atoms with van der Waals surface area (Å²) in [6.45, 7) is 5.86. The average Bonchev–Trinajstić information content (AvgIpc) is 3.05. The maximum absolute atomic E-state index is 11.6. The number of nitrogens with zero attached hydrogens (tertiary/aromatic N) is 2. The molecule has 0 aliphatic rings. The van der Waals surface area contributed by atoms with Crippen molar-refractivity contribution in [3.05, 3.63) is 17.5 Å². The number of methoxy groups -OCH3 is 1. The Morgan fingerprint density at radius 1 is 1.33 bits per heavy atom. The van der Waals surface area contributed by atoms with Crippen molar-refractivity contribution < 1.29 is 14.1 Å². The predicted molar refractivity (Wildman–Crippen MR) is 92.9 cm³/mol. The van der Waals surface area contributed by atoms with Crippen LogP contribution in [0.1, 0.15) is 44.1 Å². The van der Waals surface area contributed by atoms with Gasteiger partial charge in [0.05, 0.1) is 25.4 Å². The second-order valence-corrected chi connectivity index (χ2v) is 5.35. The number of ether oxygens (including phenoxy) is 1. The normalized spacial score (nSPS) is 11.6. The van der Waals surface area contributed by atoms with Gasteiger partial charge in [0.1, 0.15) is 0 Å². The molecule has 0 aliphatic heterocycles. The number of nitrogens with one attached hydrogen (secondary N) is 3. The second kappa shape index (κ2) is 11.4. The third-order valence-electron chi connectivity index (χ3n) is 3.68. The van der Waals surface area contributed by atoms with Crippen LogP contribution in [-0.4, -0.2) is 50.9 Å². The number of hydrogen-bond acceptors (Lipinski definition) is 5. The highest BCUT2D eigenvalue weighted by Gasteiger charge is 2.13. The lowest BCUT2D eigenvalue weighted by molar-refractivity contribution is -0.120. The van der Waals surface area contributed by atoms with E-state index in [-0.39, 0.29) is 12.5 Å². The Labute approximate surface area is 143 Å². The maximum Gasteiger partial charge on any atom is 0.239 e. The van der Waals surface area contributed by atoms with Crippen LogP contribution in [0.5, 0.6) is 0 Å². The molecule has 0 bridgehead atoms. The molecule has 0 unspecified atom stereocenters. The lowest BCUT2D eigenvalue weighted by Gasteiger charge is -2.10. The van der Waals surface area contributed by atoms with Crippen molar-refractivity contribution in [2.75, 3.05) is 33.9 Å². The fraction of sp³-hybridized carbons (Fsp3) is 0.688. The molecule has 3 N–H and O–H groups in total. The first-order valence-corrected chi connectivity index (χ1v) is 8.30. The van der Waals surface area contributed by atoms with Crippen molar-refractivity contribution in [2.45, 2.75) is 39.2 Å². The van der Waals surface area contributed by atoms with Gasteiger partial charge in [-0.15, -0.1) is 0 Å². The Morgan fingerprint density at radius 2 is 2.08 bits per heavy atom. The number of rotatable bonds is 10. The van der Waals surface area contributed by atoms with E-state index in [1.165, 1.54) is 0 Å². The minimum atomic E-state index is -0.120. The molecule has 24 heavy (non-hydrogen) atoms. The van der Waals surface area contributed by atoms with Crippen LogP contribution in [0.4, 0.5) is 0 Å². The molecule has 1 aromatic heterocycles. The van der Waals surface area contributed by atoms with Crippen LogP contribution < -0.4 is 16.0 Å². The van der Waals surface area contributed by atoms with E-state index in [1.807, 2.05) is 6.07 Å². The summed E-state index contributed by atoms with van der Waals surface area (Å²) < 4.78 is 10.2. The summed E-state index contributed by atoms with van der Waals surface area (Å²) in [5, 5.41) is 12.9. The Bertz CT molecular complexity index is 512. The Hall–Kier alpha value is -2.09. The van der Waals surface area contributed by atoms with Crippen molar-refractivity contribution in [1.82, 2.24) is 21.1 Å². The summed E-state index contributed by atoms with van der Waals surface area (Å²) in [7, 11) is 3.24. The number of amides is 1. The highest BCUT2D eigenvalue weighted by Crippen LogP contribution is 2.22. The average molecular weight is 339 g/mol. The monoisotopic (exact) mass is 339 g/mol. The third-order valence-corrected chi connectivity index (χ3v) is 3.68. The van der Waals surface area contributed by atoms with Gasteiger partial charge >= 0.3 is 0 Å². The molecule has 8 heteroatoms. The van der Waals surface area contributed by atoms with Crippen LogP contribution in [0.3, 0.4) is 0 Å². The largest absolute Gasteiger partial charge is 0.383 e. The van der Waals surface area contributed by atoms with Crippen molar-refractivity contribution >= 4 is 11.9 Å². The quantitative estimate of drug-likeness (QED) is 0.334. The summed E-state index contributed by atoms with van der Waals surface area (Å²) >= 11 is 0. The zero-order valence-corrected chi connectivity index (χ0v) is 15.0. The summed E-state index contributed by atoms with van der Waals surface area (Å²) in [5.74, 6) is 1.57. The summed E-state index contributed by atoms with van der Waals surface area (Å²) in [6, 6.07) is 1.97. The van der Waals surface area contributed by atoms with Gasteiger partial charge < -0.3 is 25.2 Å². The number of hydrogen-bond donors (Lipinski definition) is 3. The van der Waals surface area contributed by atoms with Gasteiger partial charge in [-0.25, -0.2) is 0 Å². The van der Waals surface area contributed by atoms with Gasteiger partial charge in [-0.05, 0) is 12.8 Å². The summed E-state index contributed by atoms with van der Waals surface area (Å²) in [5.41, 5.74) is 0.984. The van der Waals surface area contributed by atoms with Gasteiger partial charge in [0.25, 0.3) is 0 Å². The van der Waals surface area contributed by atoms with Crippen LogP contribution in [0.25, 0.3) is 0 Å². The number of carbonyl (C=O) groups excluding carboxylic acids is 1. The second-order valence-electron chi connectivity index (χ2n) is 5.35. The molecule has 0 saturated carbocycles. The van der Waals surface area contributed by atoms with Crippen molar-refractivity contribution in [1.29, 1.82) is 0 Å². The molecule has 0 saturated heterocycles. The molecule has 1 rings (SSSR count). The van der Waals surface area contributed by atoms with Gasteiger partial charge in [-0.1, -0.05) is 19.0 Å². The standard InChI is InChI=1S/C16H29N5O3/c1-5-12(6-2)14-9-13(24-21-14)10-19-16(17-3)20-11-15(22)18-7-8-23-4/h9,12H,5-8,10-11H2,1-4H3,(H,18,22)(H2,17,19,20). The maximum atomic E-state index is 11.6. The van der Waals surface area contributed by atoms with Crippen molar-refractivity contribution in [2.24, 2.45) is 4.99 Å². The van der Waals surface area contributed by atoms with Crippen molar-refractivity contribution in [3.63, 3.8) is 0 Å². The topological polar surface area (TPSA) is 101 Å². The first-order valence-electron chi connectivity index (χ1n) is 8.30. The van der Waals surface area contributed by atoms with E-state index >= 15 is 0 Å². The van der Waals surface area contributed by atoms with E-state index < -0.39 is 0 Å². The van der Waals surface area contributed by atoms with Gasteiger partial charge in [0.15, 0.2) is 11.7 Å². The SMILES string of the molecule is CCC(CC)c1cc(CNC(=NC)NCC(=O)NCCOC)on1. The third kappa shape index (κ3) is 6.99. The Kier molecular flexibility index (Phi) is 9.52. The van der Waals surface area contributed by atoms with E-state index in [2.05, 4.69) is 39.9 Å². The number of guanidine groups is 1. The number of aromatic nitrogens is 1. The van der Waals surface area contributed by atoms with Crippen LogP contribution in [0.2, 0.25) is 0 Å². The van der Waals surface area contributed by atoms with Crippen LogP contribution >= 0.6 is 0 Å². The van der Waals surface area contributed by atoms with Gasteiger partial charge in [-0.2, -0.15) is 0 Å². The molecule has 1 heterocycles. The molecule has 1 aromatic rings. The van der Waals surface area contributed by atoms with E-state index in [4.69, 9.17) is 9.26 Å². The first kappa shape index (κ1) is 20.0. The molecule has 136 valence electrons. The minimum absolute atomic E-state index is 0.120. The smallest absolute Gasteiger partial charge is 0.239 e. The minimum Gasteiger partial charge on any atom is -0.383 e. The fourth-order valence-electron chi connectivity index (χ4n) is 2.22. The zero-order chi connectivity index (χ0) is 17.8. The van der Waals surface area contributed by atoms with E-state index in [0.29, 0.717) is 31.6 Å². The summed E-state index contributed by atoms with van der Waals surface area (Å²) in [6.07, 6.45) is 2.08. The lowest BCUT2D eigenvalue weighted by Crippen LogP contribution is -2.43. The number of carbonyl (C=O) groups is 1. The molecule has 0 radical (unpaired) electrons. The fourth-order valence-corrected chi connectivity index (χ4v) is 2.22. The highest BCUT2D eigenvalue weighted by molar-refractivity contribution is 5.86. The molecular formula is C16H29N5O3. The van der Waals surface area contributed by atoms with Crippen LogP contribution in [0, 0.1) is 0 Å². The molecule has 0 aromatic carbocycles. The van der Waals surface area contributed by atoms with E-state index in [1.54, 1.807) is 14.2 Å². The number of aliphatic imine (C=N–C) groups is 1. The lowest BCUT2D eigenvalue weighted by atomic mass is 9.99. The molecule has 0 aliphatic carbocycles. The van der Waals surface area contributed by atoms with Crippen LogP contribution in [-0.2, 0) is 16.1 Å². The van der Waals surface area contributed by atoms with Crippen LogP contribution in [0.15, 0.2) is 15.6 Å². The predicted octanol–water partition coefficient (Wildman–Crippen LogP) is 1.01. The molecule has 1 amide bonds. The first-order chi connectivity index (χ1) is 11.6.